The lowest BCUT2D eigenvalue weighted by Gasteiger charge is -2.28. The van der Waals surface area contributed by atoms with E-state index >= 15 is 0 Å². The van der Waals surface area contributed by atoms with E-state index in [0.29, 0.717) is 44.9 Å². The van der Waals surface area contributed by atoms with E-state index in [1.807, 2.05) is 30.3 Å². The van der Waals surface area contributed by atoms with Gasteiger partial charge in [0, 0.05) is 13.1 Å². The molecule has 41 heavy (non-hydrogen) atoms. The molecule has 3 rings (SSSR count). The highest BCUT2D eigenvalue weighted by Crippen LogP contribution is 2.45. The number of carbonyl (C=O) groups is 3. The predicted molar refractivity (Wildman–Crippen MR) is 150 cm³/mol. The van der Waals surface area contributed by atoms with Crippen LogP contribution in [0, 0.1) is 5.82 Å². The number of aliphatic carboxylic acids is 1. The maximum absolute atomic E-state index is 13.3. The number of likely N-dealkylation sites (tertiary alicyclic amines) is 1. The lowest BCUT2D eigenvalue weighted by molar-refractivity contribution is -0.151. The zero-order valence-corrected chi connectivity index (χ0v) is 23.8. The van der Waals surface area contributed by atoms with Gasteiger partial charge in [0.15, 0.2) is 0 Å². The van der Waals surface area contributed by atoms with Gasteiger partial charge in [0.05, 0.1) is 6.16 Å². The lowest BCUT2D eigenvalue weighted by Crippen LogP contribution is -2.46. The Morgan fingerprint density at radius 3 is 2.46 bits per heavy atom. The van der Waals surface area contributed by atoms with Gasteiger partial charge in [0.25, 0.3) is 5.91 Å². The summed E-state index contributed by atoms with van der Waals surface area (Å²) in [6.07, 6.45) is 1.21. The van der Waals surface area contributed by atoms with E-state index in [0.717, 1.165) is 11.1 Å². The minimum atomic E-state index is -4.17. The molecule has 3 atom stereocenters. The number of halogens is 1. The third-order valence-electron chi connectivity index (χ3n) is 6.83. The summed E-state index contributed by atoms with van der Waals surface area (Å²) < 4.78 is 36.6. The summed E-state index contributed by atoms with van der Waals surface area (Å²) in [7, 11) is -4.17. The Morgan fingerprint density at radius 2 is 1.76 bits per heavy atom. The largest absolute Gasteiger partial charge is 0.480 e. The molecule has 0 bridgehead atoms. The minimum Gasteiger partial charge on any atom is -0.480 e. The van der Waals surface area contributed by atoms with Crippen LogP contribution < -0.4 is 5.32 Å². The Labute approximate surface area is 239 Å². The van der Waals surface area contributed by atoms with Gasteiger partial charge in [-0.1, -0.05) is 42.5 Å². The van der Waals surface area contributed by atoms with Crippen molar-refractivity contribution in [2.75, 3.05) is 19.3 Å². The van der Waals surface area contributed by atoms with Crippen molar-refractivity contribution in [3.63, 3.8) is 0 Å². The number of carboxylic acid groups (broad SMARTS) is 1. The molecule has 2 aromatic carbocycles. The van der Waals surface area contributed by atoms with Crippen molar-refractivity contribution in [1.29, 1.82) is 0 Å². The number of nitrogens with one attached hydrogen (secondary N) is 1. The highest BCUT2D eigenvalue weighted by molar-refractivity contribution is 7.52. The number of ether oxygens (including phenoxy) is 1. The van der Waals surface area contributed by atoms with Crippen molar-refractivity contribution in [2.24, 2.45) is 0 Å². The SMILES string of the molecule is O=C(NCCCC[C@H](OP(=O)(O)CCCCc1ccc(F)cc1)C(=O)N1CCC[C@H]1C(=O)O)OCc1ccccc1. The zero-order chi connectivity index (χ0) is 29.7. The number of hydrogen-bond acceptors (Lipinski definition) is 6. The molecule has 0 spiro atoms. The van der Waals surface area contributed by atoms with Crippen LogP contribution in [0.25, 0.3) is 0 Å². The standard InChI is InChI=1S/C29H38FN2O8P/c30-24-16-14-22(15-17-24)9-5-7-20-41(37,38)40-26(27(33)32-19-8-12-25(32)28(34)35)13-4-6-18-31-29(36)39-21-23-10-2-1-3-11-23/h1-3,10-11,14-17,25-26H,4-9,12-13,18-21H2,(H,31,36)(H,34,35)(H,37,38)/t25-,26-/m0/s1. The second-order valence-electron chi connectivity index (χ2n) is 10.1. The van der Waals surface area contributed by atoms with E-state index in [4.69, 9.17) is 9.26 Å². The fourth-order valence-corrected chi connectivity index (χ4v) is 5.98. The Balaban J connectivity index is 1.48. The first kappa shape index (κ1) is 32.2. The number of nitrogens with zero attached hydrogens (tertiary/aromatic N) is 1. The molecule has 12 heteroatoms. The van der Waals surface area contributed by atoms with Crippen molar-refractivity contribution in [2.45, 2.75) is 70.1 Å². The highest BCUT2D eigenvalue weighted by atomic mass is 31.2. The molecule has 1 aliphatic heterocycles. The van der Waals surface area contributed by atoms with Gasteiger partial charge in [-0.25, -0.2) is 14.0 Å². The van der Waals surface area contributed by atoms with Gasteiger partial charge in [-0.3, -0.25) is 13.9 Å². The molecule has 1 aliphatic rings. The Morgan fingerprint density at radius 1 is 1.02 bits per heavy atom. The third kappa shape index (κ3) is 11.3. The second-order valence-corrected chi connectivity index (χ2v) is 12.0. The molecule has 10 nitrogen and oxygen atoms in total. The second kappa shape index (κ2) is 16.2. The number of aryl methyl sites for hydroxylation is 1. The van der Waals surface area contributed by atoms with Gasteiger partial charge >= 0.3 is 19.7 Å². The number of unbranched alkanes of at least 4 members (excludes halogenated alkanes) is 2. The van der Waals surface area contributed by atoms with Crippen LogP contribution in [0.1, 0.15) is 56.1 Å². The summed E-state index contributed by atoms with van der Waals surface area (Å²) in [5, 5.41) is 12.1. The average Bonchev–Trinajstić information content (AvgIpc) is 3.45. The molecule has 0 saturated carbocycles. The number of carboxylic acids is 1. The van der Waals surface area contributed by atoms with E-state index in [9.17, 15) is 33.3 Å². The molecule has 3 N–H and O–H groups in total. The van der Waals surface area contributed by atoms with Crippen LogP contribution in [0.3, 0.4) is 0 Å². The average molecular weight is 593 g/mol. The van der Waals surface area contributed by atoms with Crippen molar-refractivity contribution >= 4 is 25.6 Å². The molecule has 2 aromatic rings. The number of alkyl carbamates (subject to hydrolysis) is 1. The van der Waals surface area contributed by atoms with Crippen molar-refractivity contribution in [1.82, 2.24) is 10.2 Å². The van der Waals surface area contributed by atoms with Gasteiger partial charge in [0.2, 0.25) is 0 Å². The van der Waals surface area contributed by atoms with Crippen molar-refractivity contribution in [3.05, 3.63) is 71.5 Å². The topological polar surface area (TPSA) is 142 Å². The molecule has 0 aromatic heterocycles. The monoisotopic (exact) mass is 592 g/mol. The van der Waals surface area contributed by atoms with Crippen molar-refractivity contribution < 1.29 is 42.6 Å². The van der Waals surface area contributed by atoms with Crippen LogP contribution >= 0.6 is 7.60 Å². The van der Waals surface area contributed by atoms with Crippen LogP contribution in [-0.4, -0.2) is 64.3 Å². The first-order valence-corrected chi connectivity index (χ1v) is 15.6. The number of rotatable bonds is 16. The highest BCUT2D eigenvalue weighted by Gasteiger charge is 2.39. The third-order valence-corrected chi connectivity index (χ3v) is 8.30. The number of hydrogen-bond donors (Lipinski definition) is 3. The summed E-state index contributed by atoms with van der Waals surface area (Å²) in [6, 6.07) is 14.3. The van der Waals surface area contributed by atoms with Crippen LogP contribution in [0.5, 0.6) is 0 Å². The van der Waals surface area contributed by atoms with Crippen LogP contribution in [0.4, 0.5) is 9.18 Å². The van der Waals surface area contributed by atoms with Gasteiger partial charge in [-0.15, -0.1) is 0 Å². The van der Waals surface area contributed by atoms with E-state index in [2.05, 4.69) is 5.32 Å². The van der Waals surface area contributed by atoms with Crippen LogP contribution in [0.15, 0.2) is 54.6 Å². The van der Waals surface area contributed by atoms with Gasteiger partial charge < -0.3 is 25.0 Å². The van der Waals surface area contributed by atoms with Crippen LogP contribution in [0.2, 0.25) is 0 Å². The molecule has 1 saturated heterocycles. The Hall–Kier alpha value is -3.27. The molecule has 1 heterocycles. The molecule has 1 fully saturated rings. The number of benzene rings is 2. The lowest BCUT2D eigenvalue weighted by atomic mass is 10.1. The van der Waals surface area contributed by atoms with E-state index in [1.165, 1.54) is 17.0 Å². The van der Waals surface area contributed by atoms with Crippen LogP contribution in [-0.2, 0) is 36.4 Å². The first-order valence-electron chi connectivity index (χ1n) is 13.9. The number of amides is 2. The van der Waals surface area contributed by atoms with E-state index in [1.54, 1.807) is 12.1 Å². The maximum Gasteiger partial charge on any atom is 0.407 e. The summed E-state index contributed by atoms with van der Waals surface area (Å²) >= 11 is 0. The fraction of sp³-hybridized carbons (Fsp3) is 0.483. The molecule has 224 valence electrons. The zero-order valence-electron chi connectivity index (χ0n) is 23.0. The molecule has 1 unspecified atom stereocenters. The number of carbonyl (C=O) groups excluding carboxylic acids is 2. The summed E-state index contributed by atoms with van der Waals surface area (Å²) in [6.45, 7) is 0.626. The normalized spacial score (nSPS) is 17.0. The maximum atomic E-state index is 13.3. The first-order chi connectivity index (χ1) is 19.6. The molecular formula is C29H38FN2O8P. The summed E-state index contributed by atoms with van der Waals surface area (Å²) in [5.74, 6) is -2.08. The molecule has 2 amide bonds. The molecule has 0 aliphatic carbocycles. The smallest absolute Gasteiger partial charge is 0.407 e. The van der Waals surface area contributed by atoms with E-state index < -0.39 is 37.7 Å². The predicted octanol–water partition coefficient (Wildman–Crippen LogP) is 4.89. The van der Waals surface area contributed by atoms with Crippen molar-refractivity contribution in [3.8, 4) is 0 Å². The Kier molecular flexibility index (Phi) is 12.8. The summed E-state index contributed by atoms with van der Waals surface area (Å²) in [5.41, 5.74) is 1.76. The summed E-state index contributed by atoms with van der Waals surface area (Å²) in [4.78, 5) is 48.6. The minimum absolute atomic E-state index is 0.0859. The molecule has 0 radical (unpaired) electrons. The van der Waals surface area contributed by atoms with Gasteiger partial charge in [0.1, 0.15) is 24.6 Å². The van der Waals surface area contributed by atoms with E-state index in [-0.39, 0.29) is 38.1 Å². The van der Waals surface area contributed by atoms with Gasteiger partial charge in [-0.2, -0.15) is 0 Å². The quantitative estimate of drug-likeness (QED) is 0.185. The molecular weight excluding hydrogens is 554 g/mol. The van der Waals surface area contributed by atoms with Gasteiger partial charge in [-0.05, 0) is 74.6 Å². The Bertz CT molecular complexity index is 1180. The fourth-order valence-electron chi connectivity index (χ4n) is 4.66.